The lowest BCUT2D eigenvalue weighted by atomic mass is 9.72. The summed E-state index contributed by atoms with van der Waals surface area (Å²) >= 11 is 6.83. The number of imidazole rings is 1. The summed E-state index contributed by atoms with van der Waals surface area (Å²) in [4.78, 5) is 29.6. The molecule has 2 aromatic carbocycles. The predicted molar refractivity (Wildman–Crippen MR) is 150 cm³/mol. The lowest BCUT2D eigenvalue weighted by Gasteiger charge is -2.43. The van der Waals surface area contributed by atoms with E-state index in [2.05, 4.69) is 29.4 Å². The average molecular weight is 554 g/mol. The maximum atomic E-state index is 13.2. The second-order valence-corrected chi connectivity index (χ2v) is 10.5. The largest absolute Gasteiger partial charge is 0.453 e. The maximum absolute atomic E-state index is 13.2. The van der Waals surface area contributed by atoms with E-state index in [4.69, 9.17) is 16.3 Å². The Bertz CT molecular complexity index is 1270. The Labute approximate surface area is 234 Å². The van der Waals surface area contributed by atoms with Gasteiger partial charge in [0.25, 0.3) is 5.91 Å². The van der Waals surface area contributed by atoms with E-state index in [1.165, 1.54) is 12.7 Å². The minimum atomic E-state index is -1.28. The van der Waals surface area contributed by atoms with Crippen LogP contribution in [0.3, 0.4) is 0 Å². The Morgan fingerprint density at radius 1 is 1.28 bits per heavy atom. The Balaban J connectivity index is 1.68. The van der Waals surface area contributed by atoms with Crippen LogP contribution in [0, 0.1) is 5.92 Å². The second-order valence-electron chi connectivity index (χ2n) is 10.1. The molecular formula is C30H38ClN4O4+. The molecule has 9 heteroatoms. The summed E-state index contributed by atoms with van der Waals surface area (Å²) in [6.07, 6.45) is 8.21. The van der Waals surface area contributed by atoms with Crippen molar-refractivity contribution in [3.8, 4) is 11.1 Å². The number of halogens is 1. The van der Waals surface area contributed by atoms with Gasteiger partial charge in [-0.1, -0.05) is 54.9 Å². The number of likely N-dealkylation sites (tertiary alicyclic amines) is 1. The third kappa shape index (κ3) is 6.81. The summed E-state index contributed by atoms with van der Waals surface area (Å²) in [5, 5.41) is 15.9. The van der Waals surface area contributed by atoms with Crippen LogP contribution >= 0.6 is 11.6 Å². The van der Waals surface area contributed by atoms with Crippen molar-refractivity contribution in [3.63, 3.8) is 0 Å². The fraction of sp³-hybridized carbons (Fsp3) is 0.433. The number of carbonyl (C=O) groups is 2. The maximum Gasteiger partial charge on any atom is 0.406 e. The minimum absolute atomic E-state index is 0.0148. The number of piperidine rings is 1. The Morgan fingerprint density at radius 2 is 2.10 bits per heavy atom. The number of hydrogen-bond donors (Lipinski definition) is 3. The number of aromatic amines is 1. The van der Waals surface area contributed by atoms with Crippen molar-refractivity contribution < 1.29 is 24.0 Å². The molecule has 3 N–H and O–H groups in total. The molecule has 0 spiro atoms. The van der Waals surface area contributed by atoms with Gasteiger partial charge in [0.05, 0.1) is 12.7 Å². The number of aromatic nitrogens is 2. The normalized spacial score (nSPS) is 16.9. The lowest BCUT2D eigenvalue weighted by molar-refractivity contribution is -0.683. The van der Waals surface area contributed by atoms with Gasteiger partial charge in [0.15, 0.2) is 6.54 Å². The van der Waals surface area contributed by atoms with Crippen molar-refractivity contribution in [2.75, 3.05) is 26.7 Å². The number of hydrogen-bond acceptors (Lipinski definition) is 4. The zero-order valence-corrected chi connectivity index (χ0v) is 23.4. The average Bonchev–Trinajstić information content (AvgIpc) is 3.48. The number of benzene rings is 2. The van der Waals surface area contributed by atoms with E-state index >= 15 is 0 Å². The molecule has 0 saturated carbocycles. The number of nitrogens with one attached hydrogen (secondary N) is 2. The van der Waals surface area contributed by atoms with Crippen molar-refractivity contribution in [1.82, 2.24) is 15.2 Å². The molecule has 3 aromatic rings. The summed E-state index contributed by atoms with van der Waals surface area (Å²) in [5.74, 6) is -0.197. The second kappa shape index (κ2) is 13.1. The SMILES string of the molecule is CCc1cccc(-c2c(Cl)cccc2C(O)(CCCNC(=O)OC)C2CCCN(C(=O)C[n+]3cc[nH]c3)C2)c1. The first-order valence-corrected chi connectivity index (χ1v) is 14.0. The van der Waals surface area contributed by atoms with Crippen LogP contribution in [-0.4, -0.2) is 53.7 Å². The zero-order valence-electron chi connectivity index (χ0n) is 22.7. The van der Waals surface area contributed by atoms with Gasteiger partial charge >= 0.3 is 6.09 Å². The number of nitrogens with zero attached hydrogens (tertiary/aromatic N) is 2. The first-order chi connectivity index (χ1) is 18.9. The van der Waals surface area contributed by atoms with Crippen molar-refractivity contribution in [2.45, 2.75) is 51.2 Å². The van der Waals surface area contributed by atoms with Gasteiger partial charge < -0.3 is 20.1 Å². The third-order valence-corrected chi connectivity index (χ3v) is 7.98. The van der Waals surface area contributed by atoms with E-state index < -0.39 is 11.7 Å². The van der Waals surface area contributed by atoms with Gasteiger partial charge in [-0.25, -0.2) is 9.36 Å². The van der Waals surface area contributed by atoms with E-state index in [9.17, 15) is 14.7 Å². The molecule has 2 unspecified atom stereocenters. The lowest BCUT2D eigenvalue weighted by Crippen LogP contribution is -2.51. The highest BCUT2D eigenvalue weighted by Gasteiger charge is 2.43. The van der Waals surface area contributed by atoms with Gasteiger partial charge in [0, 0.05) is 36.1 Å². The molecule has 4 rings (SSSR count). The Kier molecular flexibility index (Phi) is 9.64. The van der Waals surface area contributed by atoms with E-state index in [0.717, 1.165) is 36.0 Å². The Morgan fingerprint density at radius 3 is 2.85 bits per heavy atom. The van der Waals surface area contributed by atoms with E-state index in [0.29, 0.717) is 37.5 Å². The summed E-state index contributed by atoms with van der Waals surface area (Å²) in [6, 6.07) is 13.9. The summed E-state index contributed by atoms with van der Waals surface area (Å²) in [7, 11) is 1.33. The van der Waals surface area contributed by atoms with Crippen LogP contribution in [-0.2, 0) is 28.1 Å². The van der Waals surface area contributed by atoms with Crippen molar-refractivity contribution >= 4 is 23.6 Å². The predicted octanol–water partition coefficient (Wildman–Crippen LogP) is 4.45. The van der Waals surface area contributed by atoms with Crippen molar-refractivity contribution in [1.29, 1.82) is 0 Å². The number of alkyl carbamates (subject to hydrolysis) is 1. The first-order valence-electron chi connectivity index (χ1n) is 13.6. The number of H-pyrrole nitrogens is 1. The van der Waals surface area contributed by atoms with Crippen LogP contribution < -0.4 is 9.88 Å². The molecule has 1 aliphatic rings. The quantitative estimate of drug-likeness (QED) is 0.255. The highest BCUT2D eigenvalue weighted by Crippen LogP contribution is 2.45. The monoisotopic (exact) mass is 553 g/mol. The van der Waals surface area contributed by atoms with Crippen molar-refractivity contribution in [2.24, 2.45) is 5.92 Å². The molecule has 2 heterocycles. The van der Waals surface area contributed by atoms with E-state index in [1.54, 1.807) is 12.5 Å². The van der Waals surface area contributed by atoms with Gasteiger partial charge in [-0.15, -0.1) is 0 Å². The molecule has 208 valence electrons. The molecule has 0 radical (unpaired) electrons. The number of amides is 2. The molecule has 1 aliphatic heterocycles. The molecule has 1 aromatic heterocycles. The zero-order chi connectivity index (χ0) is 27.8. The number of methoxy groups -OCH3 is 1. The van der Waals surface area contributed by atoms with Crippen molar-refractivity contribution in [3.05, 3.63) is 77.3 Å². The molecule has 39 heavy (non-hydrogen) atoms. The molecule has 1 saturated heterocycles. The fourth-order valence-electron chi connectivity index (χ4n) is 5.57. The topological polar surface area (TPSA) is 98.5 Å². The van der Waals surface area contributed by atoms with Crippen LogP contribution in [0.1, 0.15) is 43.7 Å². The first kappa shape index (κ1) is 28.6. The number of rotatable bonds is 10. The molecule has 8 nitrogen and oxygen atoms in total. The highest BCUT2D eigenvalue weighted by atomic mass is 35.5. The summed E-state index contributed by atoms with van der Waals surface area (Å²) in [6.45, 7) is 3.79. The van der Waals surface area contributed by atoms with E-state index in [-0.39, 0.29) is 18.4 Å². The number of aliphatic hydroxyl groups is 1. The minimum Gasteiger partial charge on any atom is -0.453 e. The molecular weight excluding hydrogens is 516 g/mol. The highest BCUT2D eigenvalue weighted by molar-refractivity contribution is 6.33. The molecule has 1 fully saturated rings. The molecule has 0 aliphatic carbocycles. The van der Waals surface area contributed by atoms with Crippen LogP contribution in [0.5, 0.6) is 0 Å². The number of ether oxygens (including phenoxy) is 1. The van der Waals surface area contributed by atoms with Crippen LogP contribution in [0.15, 0.2) is 61.2 Å². The molecule has 0 bridgehead atoms. The van der Waals surface area contributed by atoms with E-state index in [1.807, 2.05) is 46.0 Å². The standard InChI is InChI=1S/C30H37ClN4O4/c1-3-22-8-4-9-23(18-22)28-25(11-5-12-26(28)31)30(38,13-7-14-33-29(37)39-2)24-10-6-16-35(19-24)27(36)20-34-17-15-32-21-34/h4-5,8-9,11-12,15,17-18,21,24,38H,3,6-7,10,13-14,16,19-20H2,1-2H3,(H,33,37)/p+1. The van der Waals surface area contributed by atoms with Gasteiger partial charge in [0.2, 0.25) is 6.33 Å². The fourth-order valence-corrected chi connectivity index (χ4v) is 5.86. The van der Waals surface area contributed by atoms with Crippen LogP contribution in [0.4, 0.5) is 4.79 Å². The molecule has 2 amide bonds. The molecule has 2 atom stereocenters. The summed E-state index contributed by atoms with van der Waals surface area (Å²) < 4.78 is 6.51. The number of carbonyl (C=O) groups excluding carboxylic acids is 2. The third-order valence-electron chi connectivity index (χ3n) is 7.66. The van der Waals surface area contributed by atoms with Gasteiger partial charge in [-0.2, -0.15) is 0 Å². The Hall–Kier alpha value is -3.36. The van der Waals surface area contributed by atoms with Crippen LogP contribution in [0.25, 0.3) is 11.1 Å². The smallest absolute Gasteiger partial charge is 0.406 e. The van der Waals surface area contributed by atoms with Gasteiger partial charge in [-0.05, 0) is 54.9 Å². The van der Waals surface area contributed by atoms with Gasteiger partial charge in [0.1, 0.15) is 12.4 Å². The van der Waals surface area contributed by atoms with Crippen LogP contribution in [0.2, 0.25) is 5.02 Å². The summed E-state index contributed by atoms with van der Waals surface area (Å²) in [5.41, 5.74) is 2.42. The van der Waals surface area contributed by atoms with Gasteiger partial charge in [-0.3, -0.25) is 9.78 Å². The number of aryl methyl sites for hydroxylation is 1.